The summed E-state index contributed by atoms with van der Waals surface area (Å²) in [5, 5.41) is 21.8. The van der Waals surface area contributed by atoms with Gasteiger partial charge in [0.1, 0.15) is 11.5 Å². The Morgan fingerprint density at radius 3 is 2.59 bits per heavy atom. The third kappa shape index (κ3) is 2.81. The number of nitrogens with zero attached hydrogens (tertiary/aromatic N) is 1. The number of nitrogens with one attached hydrogen (secondary N) is 2. The minimum absolute atomic E-state index is 0.0267. The number of rotatable bonds is 3. The van der Waals surface area contributed by atoms with Gasteiger partial charge in [-0.05, 0) is 13.0 Å². The smallest absolute Gasteiger partial charge is 0.289 e. The molecule has 6 heteroatoms. The molecule has 3 N–H and O–H groups in total. The molecule has 22 heavy (non-hydrogen) atoms. The zero-order valence-corrected chi connectivity index (χ0v) is 12.8. The lowest BCUT2D eigenvalue weighted by atomic mass is 10.0. The molecule has 0 unspecified atom stereocenters. The number of amides is 1. The highest BCUT2D eigenvalue weighted by atomic mass is 16.5. The maximum atomic E-state index is 11.9. The molecular formula is C16H19N3O3. The molecule has 0 aromatic heterocycles. The number of phenols is 1. The van der Waals surface area contributed by atoms with E-state index < -0.39 is 5.91 Å². The largest absolute Gasteiger partial charge is 0.506 e. The molecule has 0 bridgehead atoms. The van der Waals surface area contributed by atoms with E-state index in [2.05, 4.69) is 5.32 Å². The molecule has 2 rings (SSSR count). The van der Waals surface area contributed by atoms with Crippen LogP contribution in [0.25, 0.3) is 10.8 Å². The number of amidine groups is 1. The summed E-state index contributed by atoms with van der Waals surface area (Å²) >= 11 is 0. The van der Waals surface area contributed by atoms with Gasteiger partial charge in [0, 0.05) is 31.4 Å². The number of carbonyl (C=O) groups is 1. The van der Waals surface area contributed by atoms with E-state index in [1.807, 2.05) is 6.92 Å². The SMILES string of the molecule is CCN(C)C(=N)Oc1cc(C(=O)NC)c(O)c2ccccc12. The second kappa shape index (κ2) is 6.34. The van der Waals surface area contributed by atoms with Crippen LogP contribution in [0.1, 0.15) is 17.3 Å². The monoisotopic (exact) mass is 301 g/mol. The van der Waals surface area contributed by atoms with Crippen molar-refractivity contribution < 1.29 is 14.6 Å². The first kappa shape index (κ1) is 15.6. The third-order valence-electron chi connectivity index (χ3n) is 3.48. The molecule has 0 aliphatic carbocycles. The Morgan fingerprint density at radius 1 is 1.36 bits per heavy atom. The molecule has 0 aliphatic rings. The van der Waals surface area contributed by atoms with Gasteiger partial charge in [0.25, 0.3) is 11.9 Å². The zero-order valence-electron chi connectivity index (χ0n) is 12.8. The van der Waals surface area contributed by atoms with Crippen LogP contribution in [0.5, 0.6) is 11.5 Å². The van der Waals surface area contributed by atoms with Crippen LogP contribution < -0.4 is 10.1 Å². The van der Waals surface area contributed by atoms with Crippen LogP contribution in [-0.4, -0.2) is 42.6 Å². The van der Waals surface area contributed by atoms with E-state index in [0.717, 1.165) is 0 Å². The summed E-state index contributed by atoms with van der Waals surface area (Å²) in [5.74, 6) is -0.154. The Morgan fingerprint density at radius 2 is 2.00 bits per heavy atom. The van der Waals surface area contributed by atoms with Gasteiger partial charge in [-0.25, -0.2) is 0 Å². The fourth-order valence-corrected chi connectivity index (χ4v) is 2.04. The van der Waals surface area contributed by atoms with Crippen molar-refractivity contribution in [1.29, 1.82) is 5.41 Å². The highest BCUT2D eigenvalue weighted by Gasteiger charge is 2.18. The van der Waals surface area contributed by atoms with Crippen molar-refractivity contribution in [2.45, 2.75) is 6.92 Å². The molecule has 0 spiro atoms. The number of benzene rings is 2. The number of aromatic hydroxyl groups is 1. The second-order valence-corrected chi connectivity index (χ2v) is 4.82. The van der Waals surface area contributed by atoms with Gasteiger partial charge < -0.3 is 20.1 Å². The van der Waals surface area contributed by atoms with Crippen LogP contribution in [0.3, 0.4) is 0 Å². The molecule has 0 saturated heterocycles. The van der Waals surface area contributed by atoms with Gasteiger partial charge in [-0.2, -0.15) is 0 Å². The topological polar surface area (TPSA) is 85.7 Å². The minimum atomic E-state index is -0.413. The number of fused-ring (bicyclic) bond motifs is 1. The Balaban J connectivity index is 2.59. The van der Waals surface area contributed by atoms with Crippen molar-refractivity contribution in [2.75, 3.05) is 20.6 Å². The van der Waals surface area contributed by atoms with Crippen molar-refractivity contribution in [3.8, 4) is 11.5 Å². The standard InChI is InChI=1S/C16H19N3O3/c1-4-19(3)16(17)22-13-9-12(15(21)18-2)14(20)11-8-6-5-7-10(11)13/h5-9,17,20H,4H2,1-3H3,(H,18,21). The number of phenolic OH excluding ortho intramolecular Hbond substituents is 1. The van der Waals surface area contributed by atoms with Crippen molar-refractivity contribution >= 4 is 22.7 Å². The summed E-state index contributed by atoms with van der Waals surface area (Å²) in [5.41, 5.74) is 0.114. The van der Waals surface area contributed by atoms with Gasteiger partial charge >= 0.3 is 0 Å². The number of hydrogen-bond donors (Lipinski definition) is 3. The van der Waals surface area contributed by atoms with E-state index in [1.54, 1.807) is 36.2 Å². The van der Waals surface area contributed by atoms with Crippen molar-refractivity contribution in [1.82, 2.24) is 10.2 Å². The highest BCUT2D eigenvalue weighted by Crippen LogP contribution is 2.36. The van der Waals surface area contributed by atoms with Gasteiger partial charge in [-0.3, -0.25) is 10.2 Å². The summed E-state index contributed by atoms with van der Waals surface area (Å²) in [6, 6.07) is 8.48. The predicted molar refractivity (Wildman–Crippen MR) is 85.7 cm³/mol. The molecule has 2 aromatic rings. The molecule has 0 saturated carbocycles. The highest BCUT2D eigenvalue weighted by molar-refractivity contribution is 6.06. The first-order chi connectivity index (χ1) is 10.5. The normalized spacial score (nSPS) is 10.3. The van der Waals surface area contributed by atoms with E-state index >= 15 is 0 Å². The van der Waals surface area contributed by atoms with Crippen LogP contribution in [-0.2, 0) is 0 Å². The molecule has 0 heterocycles. The lowest BCUT2D eigenvalue weighted by Gasteiger charge is -2.19. The van der Waals surface area contributed by atoms with Gasteiger partial charge in [-0.1, -0.05) is 24.3 Å². The zero-order chi connectivity index (χ0) is 16.3. The maximum absolute atomic E-state index is 11.9. The van der Waals surface area contributed by atoms with E-state index in [0.29, 0.717) is 23.1 Å². The fourth-order valence-electron chi connectivity index (χ4n) is 2.04. The van der Waals surface area contributed by atoms with Gasteiger partial charge in [0.05, 0.1) is 5.56 Å². The first-order valence-electron chi connectivity index (χ1n) is 6.93. The van der Waals surface area contributed by atoms with Crippen LogP contribution in [0.15, 0.2) is 30.3 Å². The lowest BCUT2D eigenvalue weighted by molar-refractivity contribution is 0.0960. The second-order valence-electron chi connectivity index (χ2n) is 4.82. The van der Waals surface area contributed by atoms with Crippen LogP contribution in [0.2, 0.25) is 0 Å². The van der Waals surface area contributed by atoms with Gasteiger partial charge in [0.15, 0.2) is 0 Å². The average Bonchev–Trinajstić information content (AvgIpc) is 2.55. The predicted octanol–water partition coefficient (Wildman–Crippen LogP) is 2.17. The van der Waals surface area contributed by atoms with Crippen LogP contribution in [0.4, 0.5) is 0 Å². The Labute approximate surface area is 128 Å². The summed E-state index contributed by atoms with van der Waals surface area (Å²) in [6.45, 7) is 2.53. The fraction of sp³-hybridized carbons (Fsp3) is 0.250. The summed E-state index contributed by atoms with van der Waals surface area (Å²) < 4.78 is 5.59. The molecule has 2 aromatic carbocycles. The van der Waals surface area contributed by atoms with Crippen LogP contribution >= 0.6 is 0 Å². The van der Waals surface area contributed by atoms with Crippen molar-refractivity contribution in [3.05, 3.63) is 35.9 Å². The number of ether oxygens (including phenoxy) is 1. The molecule has 0 fully saturated rings. The van der Waals surface area contributed by atoms with E-state index in [9.17, 15) is 9.90 Å². The van der Waals surface area contributed by atoms with Crippen LogP contribution in [0, 0.1) is 5.41 Å². The Hall–Kier alpha value is -2.76. The van der Waals surface area contributed by atoms with E-state index in [-0.39, 0.29) is 17.3 Å². The summed E-state index contributed by atoms with van der Waals surface area (Å²) in [6.07, 6.45) is 0. The summed E-state index contributed by atoms with van der Waals surface area (Å²) in [4.78, 5) is 13.5. The lowest BCUT2D eigenvalue weighted by Crippen LogP contribution is -2.30. The van der Waals surface area contributed by atoms with Crippen molar-refractivity contribution in [2.24, 2.45) is 0 Å². The molecule has 6 nitrogen and oxygen atoms in total. The molecule has 1 amide bonds. The van der Waals surface area contributed by atoms with Crippen molar-refractivity contribution in [3.63, 3.8) is 0 Å². The summed E-state index contributed by atoms with van der Waals surface area (Å²) in [7, 11) is 3.23. The third-order valence-corrected chi connectivity index (χ3v) is 3.48. The minimum Gasteiger partial charge on any atom is -0.506 e. The Bertz CT molecular complexity index is 728. The van der Waals surface area contributed by atoms with Gasteiger partial charge in [0.2, 0.25) is 0 Å². The number of carbonyl (C=O) groups excluding carboxylic acids is 1. The first-order valence-corrected chi connectivity index (χ1v) is 6.93. The van der Waals surface area contributed by atoms with E-state index in [1.165, 1.54) is 13.1 Å². The quantitative estimate of drug-likeness (QED) is 0.599. The average molecular weight is 301 g/mol. The number of hydrogen-bond acceptors (Lipinski definition) is 4. The molecule has 0 radical (unpaired) electrons. The van der Waals surface area contributed by atoms with Gasteiger partial charge in [-0.15, -0.1) is 0 Å². The molecular weight excluding hydrogens is 282 g/mol. The molecule has 0 atom stereocenters. The Kier molecular flexibility index (Phi) is 4.50. The maximum Gasteiger partial charge on any atom is 0.289 e. The molecule has 0 aliphatic heterocycles. The van der Waals surface area contributed by atoms with E-state index in [4.69, 9.17) is 10.1 Å². The molecule has 116 valence electrons.